The van der Waals surface area contributed by atoms with Gasteiger partial charge in [0.15, 0.2) is 0 Å². The summed E-state index contributed by atoms with van der Waals surface area (Å²) in [7, 11) is 0. The number of aliphatic imine (C=N–C) groups is 1. The molecule has 3 rings (SSSR count). The van der Waals surface area contributed by atoms with Crippen molar-refractivity contribution in [2.24, 2.45) is 10.9 Å². The van der Waals surface area contributed by atoms with E-state index in [0.29, 0.717) is 5.92 Å². The van der Waals surface area contributed by atoms with Crippen LogP contribution in [0.5, 0.6) is 0 Å². The average Bonchev–Trinajstić information content (AvgIpc) is 3.01. The second kappa shape index (κ2) is 7.58. The maximum Gasteiger partial charge on any atom is 0.0791 e. The minimum Gasteiger partial charge on any atom is -0.398 e. The molecule has 1 aromatic carbocycles. The smallest absolute Gasteiger partial charge is 0.0791 e. The average molecular weight is 322 g/mol. The SMILES string of the molecule is CC(C)C(N=C1CCN(Cc2ccccn2)C1)c1ccccc1N. The molecule has 1 unspecified atom stereocenters. The Morgan fingerprint density at radius 1 is 1.17 bits per heavy atom. The molecule has 1 aromatic heterocycles. The van der Waals surface area contributed by atoms with Gasteiger partial charge in [-0.15, -0.1) is 0 Å². The lowest BCUT2D eigenvalue weighted by molar-refractivity contribution is 0.336. The molecule has 1 aliphatic heterocycles. The molecular weight excluding hydrogens is 296 g/mol. The predicted molar refractivity (Wildman–Crippen MR) is 100.0 cm³/mol. The van der Waals surface area contributed by atoms with Gasteiger partial charge >= 0.3 is 0 Å². The van der Waals surface area contributed by atoms with Crippen molar-refractivity contribution in [2.75, 3.05) is 18.8 Å². The van der Waals surface area contributed by atoms with Gasteiger partial charge in [-0.25, -0.2) is 0 Å². The first kappa shape index (κ1) is 16.7. The van der Waals surface area contributed by atoms with Crippen LogP contribution in [-0.4, -0.2) is 28.7 Å². The van der Waals surface area contributed by atoms with Crippen LogP contribution in [0.3, 0.4) is 0 Å². The molecule has 0 aliphatic carbocycles. The molecule has 0 saturated carbocycles. The van der Waals surface area contributed by atoms with Crippen molar-refractivity contribution in [3.63, 3.8) is 0 Å². The molecule has 126 valence electrons. The van der Waals surface area contributed by atoms with E-state index in [-0.39, 0.29) is 6.04 Å². The lowest BCUT2D eigenvalue weighted by Crippen LogP contribution is -2.21. The van der Waals surface area contributed by atoms with E-state index in [1.165, 1.54) is 5.71 Å². The summed E-state index contributed by atoms with van der Waals surface area (Å²) in [5, 5.41) is 0. The van der Waals surface area contributed by atoms with E-state index >= 15 is 0 Å². The predicted octanol–water partition coefficient (Wildman–Crippen LogP) is 3.71. The highest BCUT2D eigenvalue weighted by Gasteiger charge is 2.22. The Morgan fingerprint density at radius 2 is 1.96 bits per heavy atom. The molecule has 1 saturated heterocycles. The van der Waals surface area contributed by atoms with Gasteiger partial charge in [0, 0.05) is 37.2 Å². The number of nitrogens with zero attached hydrogens (tertiary/aromatic N) is 3. The molecule has 4 nitrogen and oxygen atoms in total. The number of hydrogen-bond donors (Lipinski definition) is 1. The van der Waals surface area contributed by atoms with Crippen LogP contribution in [0.2, 0.25) is 0 Å². The van der Waals surface area contributed by atoms with Gasteiger partial charge in [0.2, 0.25) is 0 Å². The van der Waals surface area contributed by atoms with Gasteiger partial charge in [-0.3, -0.25) is 14.9 Å². The van der Waals surface area contributed by atoms with Gasteiger partial charge in [0.1, 0.15) is 0 Å². The largest absolute Gasteiger partial charge is 0.398 e. The minimum atomic E-state index is 0.135. The van der Waals surface area contributed by atoms with Crippen molar-refractivity contribution in [1.29, 1.82) is 0 Å². The summed E-state index contributed by atoms with van der Waals surface area (Å²) in [5.74, 6) is 0.423. The first-order valence-corrected chi connectivity index (χ1v) is 8.65. The van der Waals surface area contributed by atoms with Crippen LogP contribution in [0, 0.1) is 5.92 Å². The summed E-state index contributed by atoms with van der Waals surface area (Å²) in [5.41, 5.74) is 10.5. The fourth-order valence-electron chi connectivity index (χ4n) is 3.22. The molecule has 4 heteroatoms. The van der Waals surface area contributed by atoms with Crippen LogP contribution in [0.4, 0.5) is 5.69 Å². The summed E-state index contributed by atoms with van der Waals surface area (Å²) >= 11 is 0. The van der Waals surface area contributed by atoms with Crippen LogP contribution in [0.15, 0.2) is 53.7 Å². The van der Waals surface area contributed by atoms with Crippen LogP contribution >= 0.6 is 0 Å². The molecule has 1 fully saturated rings. The molecule has 0 radical (unpaired) electrons. The lowest BCUT2D eigenvalue weighted by atomic mass is 9.95. The Balaban J connectivity index is 1.72. The maximum absolute atomic E-state index is 6.18. The van der Waals surface area contributed by atoms with E-state index in [1.807, 2.05) is 36.5 Å². The topological polar surface area (TPSA) is 54.5 Å². The summed E-state index contributed by atoms with van der Waals surface area (Å²) in [6, 6.07) is 14.3. The number of aromatic nitrogens is 1. The van der Waals surface area contributed by atoms with E-state index in [2.05, 4.69) is 35.9 Å². The molecule has 0 amide bonds. The molecule has 2 N–H and O–H groups in total. The fraction of sp³-hybridized carbons (Fsp3) is 0.400. The van der Waals surface area contributed by atoms with Crippen LogP contribution < -0.4 is 5.73 Å². The Bertz CT molecular complexity index is 694. The summed E-state index contributed by atoms with van der Waals surface area (Å²) in [4.78, 5) is 11.9. The highest BCUT2D eigenvalue weighted by molar-refractivity contribution is 5.88. The molecule has 0 spiro atoms. The zero-order chi connectivity index (χ0) is 16.9. The number of pyridine rings is 1. The summed E-state index contributed by atoms with van der Waals surface area (Å²) < 4.78 is 0. The van der Waals surface area contributed by atoms with Crippen molar-refractivity contribution >= 4 is 11.4 Å². The number of hydrogen-bond acceptors (Lipinski definition) is 4. The Hall–Kier alpha value is -2.20. The van der Waals surface area contributed by atoms with Gasteiger partial charge in [0.25, 0.3) is 0 Å². The van der Waals surface area contributed by atoms with Gasteiger partial charge in [-0.2, -0.15) is 0 Å². The minimum absolute atomic E-state index is 0.135. The van der Waals surface area contributed by atoms with Crippen LogP contribution in [-0.2, 0) is 6.54 Å². The number of benzene rings is 1. The van der Waals surface area contributed by atoms with Crippen molar-refractivity contribution in [1.82, 2.24) is 9.88 Å². The third kappa shape index (κ3) is 4.01. The molecule has 1 aliphatic rings. The lowest BCUT2D eigenvalue weighted by Gasteiger charge is -2.20. The number of likely N-dealkylation sites (tertiary alicyclic amines) is 1. The van der Waals surface area contributed by atoms with Gasteiger partial charge in [0.05, 0.1) is 11.7 Å². The quantitative estimate of drug-likeness (QED) is 0.854. The Labute approximate surface area is 144 Å². The van der Waals surface area contributed by atoms with Crippen molar-refractivity contribution in [3.05, 3.63) is 59.9 Å². The third-order valence-corrected chi connectivity index (χ3v) is 4.50. The number of nitrogen functional groups attached to an aromatic ring is 1. The molecule has 2 heterocycles. The molecule has 1 atom stereocenters. The fourth-order valence-corrected chi connectivity index (χ4v) is 3.22. The van der Waals surface area contributed by atoms with Crippen molar-refractivity contribution in [2.45, 2.75) is 32.9 Å². The maximum atomic E-state index is 6.18. The number of para-hydroxylation sites is 1. The Morgan fingerprint density at radius 3 is 2.67 bits per heavy atom. The van der Waals surface area contributed by atoms with E-state index in [0.717, 1.165) is 43.0 Å². The number of rotatable bonds is 5. The molecule has 0 bridgehead atoms. The second-order valence-electron chi connectivity index (χ2n) is 6.79. The summed E-state index contributed by atoms with van der Waals surface area (Å²) in [6.45, 7) is 7.28. The third-order valence-electron chi connectivity index (χ3n) is 4.50. The second-order valence-corrected chi connectivity index (χ2v) is 6.79. The van der Waals surface area contributed by atoms with Gasteiger partial charge in [-0.1, -0.05) is 38.1 Å². The summed E-state index contributed by atoms with van der Waals surface area (Å²) in [6.07, 6.45) is 2.89. The Kier molecular flexibility index (Phi) is 5.26. The number of anilines is 1. The molecular formula is C20H26N4. The highest BCUT2D eigenvalue weighted by atomic mass is 15.2. The van der Waals surface area contributed by atoms with E-state index in [1.54, 1.807) is 0 Å². The zero-order valence-corrected chi connectivity index (χ0v) is 14.5. The first-order chi connectivity index (χ1) is 11.6. The van der Waals surface area contributed by atoms with Crippen LogP contribution in [0.1, 0.15) is 37.6 Å². The normalized spacial score (nSPS) is 18.4. The van der Waals surface area contributed by atoms with E-state index in [4.69, 9.17) is 10.7 Å². The van der Waals surface area contributed by atoms with Gasteiger partial charge < -0.3 is 5.73 Å². The van der Waals surface area contributed by atoms with Gasteiger partial charge in [-0.05, 0) is 36.1 Å². The molecule has 24 heavy (non-hydrogen) atoms. The molecule has 2 aromatic rings. The van der Waals surface area contributed by atoms with Crippen LogP contribution in [0.25, 0.3) is 0 Å². The standard InChI is InChI=1S/C20H26N4/c1-15(2)20(18-8-3-4-9-19(18)21)23-17-10-12-24(14-17)13-16-7-5-6-11-22-16/h3-9,11,15,20H,10,12-14,21H2,1-2H3. The first-order valence-electron chi connectivity index (χ1n) is 8.65. The monoisotopic (exact) mass is 322 g/mol. The van der Waals surface area contributed by atoms with E-state index < -0.39 is 0 Å². The van der Waals surface area contributed by atoms with Crippen molar-refractivity contribution < 1.29 is 0 Å². The highest BCUT2D eigenvalue weighted by Crippen LogP contribution is 2.31. The van der Waals surface area contributed by atoms with E-state index in [9.17, 15) is 0 Å². The van der Waals surface area contributed by atoms with Crippen molar-refractivity contribution in [3.8, 4) is 0 Å². The zero-order valence-electron chi connectivity index (χ0n) is 14.5. The number of nitrogens with two attached hydrogens (primary N) is 1.